The molecule has 3 nitrogen and oxygen atoms in total. The van der Waals surface area contributed by atoms with Gasteiger partial charge in [-0.25, -0.2) is 0 Å². The Bertz CT molecular complexity index is 823. The van der Waals surface area contributed by atoms with Crippen molar-refractivity contribution in [1.82, 2.24) is 4.98 Å². The second-order valence-corrected chi connectivity index (χ2v) is 5.90. The summed E-state index contributed by atoms with van der Waals surface area (Å²) in [6, 6.07) is 12.3. The number of nitrogens with one attached hydrogen (secondary N) is 2. The van der Waals surface area contributed by atoms with Crippen molar-refractivity contribution < 1.29 is 4.79 Å². The van der Waals surface area contributed by atoms with E-state index in [9.17, 15) is 4.79 Å². The van der Waals surface area contributed by atoms with Gasteiger partial charge in [-0.05, 0) is 61.0 Å². The average molecular weight is 292 g/mol. The van der Waals surface area contributed by atoms with Crippen molar-refractivity contribution >= 4 is 22.5 Å². The third-order valence-electron chi connectivity index (χ3n) is 3.92. The third kappa shape index (κ3) is 2.89. The quantitative estimate of drug-likeness (QED) is 0.743. The van der Waals surface area contributed by atoms with Gasteiger partial charge in [0.15, 0.2) is 0 Å². The Balaban J connectivity index is 1.77. The first kappa shape index (κ1) is 14.4. The van der Waals surface area contributed by atoms with Gasteiger partial charge in [-0.1, -0.05) is 23.8 Å². The molecule has 3 heteroatoms. The van der Waals surface area contributed by atoms with E-state index in [-0.39, 0.29) is 5.91 Å². The molecule has 0 radical (unpaired) electrons. The molecule has 1 heterocycles. The van der Waals surface area contributed by atoms with E-state index in [4.69, 9.17) is 0 Å². The summed E-state index contributed by atoms with van der Waals surface area (Å²) in [5, 5.41) is 4.18. The van der Waals surface area contributed by atoms with Crippen LogP contribution in [0.2, 0.25) is 0 Å². The van der Waals surface area contributed by atoms with Gasteiger partial charge < -0.3 is 10.3 Å². The van der Waals surface area contributed by atoms with Crippen LogP contribution in [0.15, 0.2) is 42.6 Å². The highest BCUT2D eigenvalue weighted by Crippen LogP contribution is 2.22. The van der Waals surface area contributed by atoms with Gasteiger partial charge in [0.05, 0.1) is 6.42 Å². The summed E-state index contributed by atoms with van der Waals surface area (Å²) in [7, 11) is 0. The van der Waals surface area contributed by atoms with Crippen molar-refractivity contribution in [1.29, 1.82) is 0 Å². The van der Waals surface area contributed by atoms with Crippen LogP contribution in [-0.4, -0.2) is 10.9 Å². The number of hydrogen-bond acceptors (Lipinski definition) is 1. The van der Waals surface area contributed by atoms with Crippen molar-refractivity contribution in [2.45, 2.75) is 27.2 Å². The van der Waals surface area contributed by atoms with Crippen LogP contribution in [0.25, 0.3) is 10.9 Å². The SMILES string of the molecule is Cc1cc(C)c(NC(=O)Cc2ccc3[nH]ccc3c2)c(C)c1. The smallest absolute Gasteiger partial charge is 0.228 e. The van der Waals surface area contributed by atoms with Gasteiger partial charge in [0.1, 0.15) is 0 Å². The minimum absolute atomic E-state index is 0.0185. The molecule has 112 valence electrons. The topological polar surface area (TPSA) is 44.9 Å². The highest BCUT2D eigenvalue weighted by Gasteiger charge is 2.09. The number of H-pyrrole nitrogens is 1. The number of amides is 1. The predicted molar refractivity (Wildman–Crippen MR) is 91.3 cm³/mol. The second-order valence-electron chi connectivity index (χ2n) is 5.90. The van der Waals surface area contributed by atoms with E-state index in [0.29, 0.717) is 6.42 Å². The lowest BCUT2D eigenvalue weighted by atomic mass is 10.0. The number of fused-ring (bicyclic) bond motifs is 1. The number of anilines is 1. The zero-order chi connectivity index (χ0) is 15.7. The minimum Gasteiger partial charge on any atom is -0.361 e. The van der Waals surface area contributed by atoms with Crippen molar-refractivity contribution in [3.8, 4) is 0 Å². The molecule has 0 unspecified atom stereocenters. The fourth-order valence-electron chi connectivity index (χ4n) is 2.96. The lowest BCUT2D eigenvalue weighted by molar-refractivity contribution is -0.115. The number of aromatic nitrogens is 1. The molecule has 3 rings (SSSR count). The van der Waals surface area contributed by atoms with Gasteiger partial charge in [0.25, 0.3) is 0 Å². The first-order valence-corrected chi connectivity index (χ1v) is 7.46. The highest BCUT2D eigenvalue weighted by molar-refractivity contribution is 5.94. The Morgan fingerprint density at radius 2 is 1.77 bits per heavy atom. The van der Waals surface area contributed by atoms with Crippen LogP contribution < -0.4 is 5.32 Å². The van der Waals surface area contributed by atoms with Crippen molar-refractivity contribution in [3.63, 3.8) is 0 Å². The number of benzene rings is 2. The van der Waals surface area contributed by atoms with Crippen molar-refractivity contribution in [2.24, 2.45) is 0 Å². The van der Waals surface area contributed by atoms with Crippen LogP contribution in [0.4, 0.5) is 5.69 Å². The maximum absolute atomic E-state index is 12.3. The summed E-state index contributed by atoms with van der Waals surface area (Å²) in [5.74, 6) is 0.0185. The molecule has 1 aromatic heterocycles. The molecule has 0 aliphatic rings. The maximum atomic E-state index is 12.3. The van der Waals surface area contributed by atoms with Crippen LogP contribution in [0.5, 0.6) is 0 Å². The maximum Gasteiger partial charge on any atom is 0.228 e. The standard InChI is InChI=1S/C19H20N2O/c1-12-8-13(2)19(14(3)9-12)21-18(22)11-15-4-5-17-16(10-15)6-7-20-17/h4-10,20H,11H2,1-3H3,(H,21,22). The predicted octanol–water partition coefficient (Wildman–Crippen LogP) is 4.27. The molecule has 0 aliphatic heterocycles. The van der Waals surface area contributed by atoms with Gasteiger partial charge in [0, 0.05) is 17.4 Å². The average Bonchev–Trinajstić information content (AvgIpc) is 2.90. The van der Waals surface area contributed by atoms with Crippen molar-refractivity contribution in [2.75, 3.05) is 5.32 Å². The van der Waals surface area contributed by atoms with Crippen LogP contribution in [0, 0.1) is 20.8 Å². The largest absolute Gasteiger partial charge is 0.361 e. The molecule has 3 aromatic rings. The van der Waals surface area contributed by atoms with E-state index in [2.05, 4.69) is 35.4 Å². The van der Waals surface area contributed by atoms with E-state index in [1.165, 1.54) is 5.56 Å². The van der Waals surface area contributed by atoms with E-state index >= 15 is 0 Å². The van der Waals surface area contributed by atoms with Crippen molar-refractivity contribution in [3.05, 3.63) is 64.8 Å². The van der Waals surface area contributed by atoms with E-state index < -0.39 is 0 Å². The lowest BCUT2D eigenvalue weighted by Crippen LogP contribution is -2.16. The number of carbonyl (C=O) groups excluding carboxylic acids is 1. The molecule has 0 atom stereocenters. The molecule has 0 bridgehead atoms. The van der Waals surface area contributed by atoms with Crippen LogP contribution in [-0.2, 0) is 11.2 Å². The Hall–Kier alpha value is -2.55. The molecule has 0 spiro atoms. The van der Waals surface area contributed by atoms with Gasteiger partial charge in [-0.3, -0.25) is 4.79 Å². The molecule has 0 fully saturated rings. The number of carbonyl (C=O) groups is 1. The van der Waals surface area contributed by atoms with E-state index in [1.54, 1.807) is 0 Å². The molecular formula is C19H20N2O. The molecule has 2 aromatic carbocycles. The zero-order valence-electron chi connectivity index (χ0n) is 13.2. The summed E-state index contributed by atoms with van der Waals surface area (Å²) in [5.41, 5.74) is 6.46. The summed E-state index contributed by atoms with van der Waals surface area (Å²) in [4.78, 5) is 15.5. The van der Waals surface area contributed by atoms with Crippen LogP contribution in [0.3, 0.4) is 0 Å². The minimum atomic E-state index is 0.0185. The molecule has 22 heavy (non-hydrogen) atoms. The van der Waals surface area contributed by atoms with E-state index in [0.717, 1.165) is 33.3 Å². The van der Waals surface area contributed by atoms with Gasteiger partial charge >= 0.3 is 0 Å². The van der Waals surface area contributed by atoms with Gasteiger partial charge in [-0.15, -0.1) is 0 Å². The van der Waals surface area contributed by atoms with Gasteiger partial charge in [0.2, 0.25) is 5.91 Å². The first-order chi connectivity index (χ1) is 10.5. The molecule has 1 amide bonds. The number of aromatic amines is 1. The summed E-state index contributed by atoms with van der Waals surface area (Å²) in [6.45, 7) is 6.13. The molecule has 0 saturated heterocycles. The first-order valence-electron chi connectivity index (χ1n) is 7.46. The molecular weight excluding hydrogens is 272 g/mol. The number of rotatable bonds is 3. The van der Waals surface area contributed by atoms with Crippen LogP contribution in [0.1, 0.15) is 22.3 Å². The Morgan fingerprint density at radius 1 is 1.05 bits per heavy atom. The Kier molecular flexibility index (Phi) is 3.72. The van der Waals surface area contributed by atoms with E-state index in [1.807, 2.05) is 38.2 Å². The third-order valence-corrected chi connectivity index (χ3v) is 3.92. The fraction of sp³-hybridized carbons (Fsp3) is 0.211. The molecule has 2 N–H and O–H groups in total. The lowest BCUT2D eigenvalue weighted by Gasteiger charge is -2.13. The normalized spacial score (nSPS) is 10.9. The Morgan fingerprint density at radius 3 is 2.50 bits per heavy atom. The summed E-state index contributed by atoms with van der Waals surface area (Å²) < 4.78 is 0. The highest BCUT2D eigenvalue weighted by atomic mass is 16.1. The monoisotopic (exact) mass is 292 g/mol. The number of aryl methyl sites for hydroxylation is 3. The summed E-state index contributed by atoms with van der Waals surface area (Å²) in [6.07, 6.45) is 2.29. The zero-order valence-corrected chi connectivity index (χ0v) is 13.2. The summed E-state index contributed by atoms with van der Waals surface area (Å²) >= 11 is 0. The number of hydrogen-bond donors (Lipinski definition) is 2. The molecule has 0 saturated carbocycles. The Labute approximate surface area is 130 Å². The van der Waals surface area contributed by atoms with Crippen LogP contribution >= 0.6 is 0 Å². The fourth-order valence-corrected chi connectivity index (χ4v) is 2.96. The second kappa shape index (κ2) is 5.68. The van der Waals surface area contributed by atoms with Gasteiger partial charge in [-0.2, -0.15) is 0 Å². The molecule has 0 aliphatic carbocycles.